The normalized spacial score (nSPS) is 11.7. The van der Waals surface area contributed by atoms with E-state index in [1.807, 2.05) is 17.6 Å². The number of nitrogens with zero attached hydrogens (tertiary/aromatic N) is 1. The zero-order valence-corrected chi connectivity index (χ0v) is 15.0. The van der Waals surface area contributed by atoms with Gasteiger partial charge < -0.3 is 9.88 Å². The van der Waals surface area contributed by atoms with Gasteiger partial charge in [0.25, 0.3) is 5.91 Å². The number of carbonyl (C=O) groups is 1. The van der Waals surface area contributed by atoms with Gasteiger partial charge in [-0.1, -0.05) is 28.9 Å². The van der Waals surface area contributed by atoms with E-state index in [9.17, 15) is 4.79 Å². The molecule has 0 aliphatic heterocycles. The number of H-pyrrole nitrogens is 1. The molecular formula is C16H21BrN2OP+. The minimum Gasteiger partial charge on any atom is -0.357 e. The highest BCUT2D eigenvalue weighted by molar-refractivity contribution is 9.10. The van der Waals surface area contributed by atoms with Crippen molar-refractivity contribution in [2.75, 3.05) is 19.4 Å². The van der Waals surface area contributed by atoms with Gasteiger partial charge in [0.2, 0.25) is 0 Å². The van der Waals surface area contributed by atoms with Crippen LogP contribution in [0.4, 0.5) is 0 Å². The van der Waals surface area contributed by atoms with Gasteiger partial charge in [0.15, 0.2) is 6.16 Å². The van der Waals surface area contributed by atoms with Crippen molar-refractivity contribution in [2.24, 2.45) is 0 Å². The van der Waals surface area contributed by atoms with Crippen LogP contribution in [0.3, 0.4) is 0 Å². The summed E-state index contributed by atoms with van der Waals surface area (Å²) in [5.41, 5.74) is 2.17. The quantitative estimate of drug-likeness (QED) is 0.762. The second-order valence-electron chi connectivity index (χ2n) is 5.36. The van der Waals surface area contributed by atoms with Gasteiger partial charge in [-0.3, -0.25) is 4.79 Å². The molecule has 1 atom stereocenters. The summed E-state index contributed by atoms with van der Waals surface area (Å²) in [6, 6.07) is 8.29. The summed E-state index contributed by atoms with van der Waals surface area (Å²) in [6.07, 6.45) is 5.52. The van der Waals surface area contributed by atoms with Gasteiger partial charge in [0.05, 0.1) is 27.1 Å². The molecule has 0 saturated carbocycles. The molecule has 5 heteroatoms. The molecule has 0 spiro atoms. The Bertz CT molecular complexity index is 665. The van der Waals surface area contributed by atoms with Crippen molar-refractivity contribution >= 4 is 46.6 Å². The van der Waals surface area contributed by atoms with Crippen molar-refractivity contribution in [3.05, 3.63) is 34.4 Å². The minimum atomic E-state index is -0.439. The molecule has 2 aromatic rings. The molecule has 21 heavy (non-hydrogen) atoms. The van der Waals surface area contributed by atoms with E-state index in [-0.39, 0.29) is 5.91 Å². The van der Waals surface area contributed by atoms with Crippen LogP contribution in [-0.2, 0) is 11.3 Å². The topological polar surface area (TPSA) is 36.1 Å². The maximum atomic E-state index is 12.3. The summed E-state index contributed by atoms with van der Waals surface area (Å²) in [5.74, 6) is 0.209. The fraction of sp³-hybridized carbons (Fsp3) is 0.375. The summed E-state index contributed by atoms with van der Waals surface area (Å²) in [4.78, 5) is 17.6. The Kier molecular flexibility index (Phi) is 5.60. The van der Waals surface area contributed by atoms with Gasteiger partial charge >= 0.3 is 0 Å². The predicted octanol–water partition coefficient (Wildman–Crippen LogP) is 4.21. The zero-order valence-electron chi connectivity index (χ0n) is 12.5. The molecule has 0 aliphatic carbocycles. The van der Waals surface area contributed by atoms with E-state index >= 15 is 0 Å². The molecule has 1 amide bonds. The smallest absolute Gasteiger partial charge is 0.267 e. The molecule has 1 aromatic carbocycles. The average Bonchev–Trinajstić information content (AvgIpc) is 2.78. The molecule has 1 heterocycles. The van der Waals surface area contributed by atoms with Gasteiger partial charge in [-0.05, 0) is 30.0 Å². The van der Waals surface area contributed by atoms with Crippen molar-refractivity contribution in [3.63, 3.8) is 0 Å². The van der Waals surface area contributed by atoms with Crippen LogP contribution in [0.25, 0.3) is 10.9 Å². The number of hydrogen-bond acceptors (Lipinski definition) is 1. The number of aromatic nitrogens is 1. The predicted molar refractivity (Wildman–Crippen MR) is 96.5 cm³/mol. The Morgan fingerprint density at radius 2 is 2.19 bits per heavy atom. The number of nitrogens with one attached hydrogen (secondary N) is 1. The van der Waals surface area contributed by atoms with Crippen LogP contribution < -0.4 is 0 Å². The maximum absolute atomic E-state index is 12.3. The monoisotopic (exact) mass is 367 g/mol. The van der Waals surface area contributed by atoms with Crippen LogP contribution in [0.5, 0.6) is 0 Å². The molecule has 1 N–H and O–H groups in total. The maximum Gasteiger partial charge on any atom is 0.267 e. The lowest BCUT2D eigenvalue weighted by molar-refractivity contribution is -0.129. The Morgan fingerprint density at radius 1 is 1.43 bits per heavy atom. The SMILES string of the molecule is C=[P+](C)CC(=O)N(CCC)Cc1cc2ccc(Br)cc2[nH]1. The van der Waals surface area contributed by atoms with Crippen molar-refractivity contribution < 1.29 is 4.79 Å². The fourth-order valence-corrected chi connectivity index (χ4v) is 3.37. The van der Waals surface area contributed by atoms with Gasteiger partial charge in [0.1, 0.15) is 0 Å². The third-order valence-electron chi connectivity index (χ3n) is 3.25. The number of carbonyl (C=O) groups excluding carboxylic acids is 1. The van der Waals surface area contributed by atoms with Crippen LogP contribution in [0, 0.1) is 0 Å². The van der Waals surface area contributed by atoms with E-state index in [1.54, 1.807) is 0 Å². The van der Waals surface area contributed by atoms with E-state index < -0.39 is 7.55 Å². The van der Waals surface area contributed by atoms with Crippen molar-refractivity contribution in [1.82, 2.24) is 9.88 Å². The fourth-order valence-electron chi connectivity index (χ4n) is 2.34. The first-order valence-corrected chi connectivity index (χ1v) is 10.0. The number of benzene rings is 1. The van der Waals surface area contributed by atoms with Gasteiger partial charge in [-0.25, -0.2) is 0 Å². The van der Waals surface area contributed by atoms with Gasteiger partial charge in [0, 0.05) is 22.2 Å². The summed E-state index contributed by atoms with van der Waals surface area (Å²) in [7, 11) is -0.439. The van der Waals surface area contributed by atoms with Crippen LogP contribution >= 0.6 is 23.5 Å². The summed E-state index contributed by atoms with van der Waals surface area (Å²) in [6.45, 7) is 5.57. The summed E-state index contributed by atoms with van der Waals surface area (Å²) in [5, 5.41) is 1.17. The standard InChI is InChI=1S/C16H21BrN2OP/c1-4-7-19(16(20)11-21(2)3)10-14-8-12-5-6-13(17)9-15(12)18-14/h5-6,8-9,18H,2,4,7,10-11H2,1,3H3/q+1. The Morgan fingerprint density at radius 3 is 2.86 bits per heavy atom. The number of fused-ring (bicyclic) bond motifs is 1. The van der Waals surface area contributed by atoms with E-state index in [0.29, 0.717) is 12.7 Å². The lowest BCUT2D eigenvalue weighted by Gasteiger charge is -2.19. The first-order valence-electron chi connectivity index (χ1n) is 7.06. The highest BCUT2D eigenvalue weighted by Gasteiger charge is 2.18. The first kappa shape index (κ1) is 16.3. The number of aromatic amines is 1. The molecule has 0 radical (unpaired) electrons. The lowest BCUT2D eigenvalue weighted by atomic mass is 10.2. The van der Waals surface area contributed by atoms with Crippen molar-refractivity contribution in [1.29, 1.82) is 0 Å². The molecule has 3 nitrogen and oxygen atoms in total. The Hall–Kier alpha value is -1.12. The van der Waals surface area contributed by atoms with Crippen molar-refractivity contribution in [2.45, 2.75) is 19.9 Å². The minimum absolute atomic E-state index is 0.209. The van der Waals surface area contributed by atoms with Crippen LogP contribution in [-0.4, -0.2) is 41.5 Å². The van der Waals surface area contributed by atoms with Gasteiger partial charge in [-0.2, -0.15) is 0 Å². The largest absolute Gasteiger partial charge is 0.357 e. The van der Waals surface area contributed by atoms with E-state index in [4.69, 9.17) is 0 Å². The van der Waals surface area contributed by atoms with E-state index in [0.717, 1.165) is 28.6 Å². The third kappa shape index (κ3) is 4.42. The average molecular weight is 368 g/mol. The third-order valence-corrected chi connectivity index (χ3v) is 4.56. The second-order valence-corrected chi connectivity index (χ2v) is 8.30. The zero-order chi connectivity index (χ0) is 15.4. The first-order chi connectivity index (χ1) is 9.99. The number of halogens is 1. The van der Waals surface area contributed by atoms with E-state index in [2.05, 4.69) is 52.3 Å². The highest BCUT2D eigenvalue weighted by Crippen LogP contribution is 2.22. The molecule has 0 bridgehead atoms. The van der Waals surface area contributed by atoms with Crippen LogP contribution in [0.2, 0.25) is 0 Å². The molecule has 0 aliphatic rings. The number of hydrogen-bond donors (Lipinski definition) is 1. The van der Waals surface area contributed by atoms with Gasteiger partial charge in [-0.15, -0.1) is 0 Å². The molecule has 1 aromatic heterocycles. The summed E-state index contributed by atoms with van der Waals surface area (Å²) < 4.78 is 1.05. The second kappa shape index (κ2) is 7.24. The molecule has 2 rings (SSSR count). The number of amides is 1. The number of rotatable bonds is 6. The van der Waals surface area contributed by atoms with Crippen LogP contribution in [0.1, 0.15) is 19.0 Å². The highest BCUT2D eigenvalue weighted by atomic mass is 79.9. The lowest BCUT2D eigenvalue weighted by Crippen LogP contribution is -2.32. The van der Waals surface area contributed by atoms with E-state index in [1.165, 1.54) is 5.39 Å². The Labute approximate surface area is 135 Å². The van der Waals surface area contributed by atoms with Crippen LogP contribution in [0.15, 0.2) is 28.7 Å². The molecule has 112 valence electrons. The molecule has 1 unspecified atom stereocenters. The van der Waals surface area contributed by atoms with Crippen molar-refractivity contribution in [3.8, 4) is 0 Å². The Balaban J connectivity index is 2.17. The summed E-state index contributed by atoms with van der Waals surface area (Å²) >= 11 is 3.48. The molecular weight excluding hydrogens is 347 g/mol. The molecule has 0 saturated heterocycles. The molecule has 0 fully saturated rings.